The van der Waals surface area contributed by atoms with Crippen LogP contribution in [0.5, 0.6) is 0 Å². The van der Waals surface area contributed by atoms with Crippen molar-refractivity contribution in [2.45, 2.75) is 26.7 Å². The van der Waals surface area contributed by atoms with Crippen molar-refractivity contribution in [2.24, 2.45) is 0 Å². The van der Waals surface area contributed by atoms with E-state index in [2.05, 4.69) is 0 Å². The van der Waals surface area contributed by atoms with Crippen molar-refractivity contribution in [3.8, 4) is 0 Å². The van der Waals surface area contributed by atoms with Crippen LogP contribution < -0.4 is 0 Å². The number of ether oxygens (including phenoxy) is 1. The van der Waals surface area contributed by atoms with E-state index in [-0.39, 0.29) is 6.42 Å². The molecule has 0 aliphatic carbocycles. The molecule has 0 fully saturated rings. The van der Waals surface area contributed by atoms with Gasteiger partial charge in [0.15, 0.2) is 0 Å². The van der Waals surface area contributed by atoms with Crippen molar-refractivity contribution in [3.63, 3.8) is 0 Å². The van der Waals surface area contributed by atoms with Gasteiger partial charge in [0.25, 0.3) is 0 Å². The van der Waals surface area contributed by atoms with Crippen molar-refractivity contribution in [2.75, 3.05) is 6.61 Å². The first-order valence-electron chi connectivity index (χ1n) is 5.53. The molecule has 0 heterocycles. The second-order valence-electron chi connectivity index (χ2n) is 3.77. The number of aliphatic carboxylic acids is 1. The highest BCUT2D eigenvalue weighted by Crippen LogP contribution is 2.15. The van der Waals surface area contributed by atoms with Crippen LogP contribution in [0.25, 0.3) is 0 Å². The summed E-state index contributed by atoms with van der Waals surface area (Å²) in [4.78, 5) is 22.2. The maximum Gasteiger partial charge on any atom is 0.338 e. The summed E-state index contributed by atoms with van der Waals surface area (Å²) in [5, 5.41) is 8.66. The fourth-order valence-electron chi connectivity index (χ4n) is 1.58. The van der Waals surface area contributed by atoms with Crippen LogP contribution in [-0.4, -0.2) is 23.7 Å². The van der Waals surface area contributed by atoms with E-state index >= 15 is 0 Å². The predicted octanol–water partition coefficient (Wildman–Crippen LogP) is 2.19. The lowest BCUT2D eigenvalue weighted by Crippen LogP contribution is -2.09. The Bertz CT molecular complexity index is 423. The highest BCUT2D eigenvalue weighted by Gasteiger charge is 2.13. The highest BCUT2D eigenvalue weighted by atomic mass is 16.5. The second kappa shape index (κ2) is 6.03. The van der Waals surface area contributed by atoms with Crippen molar-refractivity contribution >= 4 is 11.9 Å². The second-order valence-corrected chi connectivity index (χ2v) is 3.77. The molecular weight excluding hydrogens is 220 g/mol. The van der Waals surface area contributed by atoms with Crippen LogP contribution >= 0.6 is 0 Å². The third-order valence-electron chi connectivity index (χ3n) is 2.36. The van der Waals surface area contributed by atoms with Gasteiger partial charge in [-0.1, -0.05) is 17.7 Å². The Morgan fingerprint density at radius 1 is 1.35 bits per heavy atom. The van der Waals surface area contributed by atoms with Gasteiger partial charge in [-0.2, -0.15) is 0 Å². The quantitative estimate of drug-likeness (QED) is 0.796. The first-order chi connectivity index (χ1) is 8.04. The monoisotopic (exact) mass is 236 g/mol. The Kier molecular flexibility index (Phi) is 4.69. The van der Waals surface area contributed by atoms with Crippen LogP contribution in [0.2, 0.25) is 0 Å². The van der Waals surface area contributed by atoms with Crippen molar-refractivity contribution < 1.29 is 19.4 Å². The van der Waals surface area contributed by atoms with Gasteiger partial charge in [0, 0.05) is 6.42 Å². The predicted molar refractivity (Wildman–Crippen MR) is 63.1 cm³/mol. The summed E-state index contributed by atoms with van der Waals surface area (Å²) >= 11 is 0. The molecule has 0 aromatic heterocycles. The summed E-state index contributed by atoms with van der Waals surface area (Å²) in [5.41, 5.74) is 2.18. The Balaban J connectivity index is 2.94. The van der Waals surface area contributed by atoms with Gasteiger partial charge in [0.1, 0.15) is 0 Å². The average Bonchev–Trinajstić information content (AvgIpc) is 2.26. The minimum Gasteiger partial charge on any atom is -0.481 e. The molecule has 0 radical (unpaired) electrons. The van der Waals surface area contributed by atoms with Crippen LogP contribution in [-0.2, 0) is 16.0 Å². The van der Waals surface area contributed by atoms with E-state index in [1.165, 1.54) is 0 Å². The molecule has 1 aromatic rings. The molecule has 1 N–H and O–H groups in total. The van der Waals surface area contributed by atoms with Gasteiger partial charge in [-0.05, 0) is 31.9 Å². The minimum atomic E-state index is -0.874. The molecule has 0 atom stereocenters. The number of aryl methyl sites for hydroxylation is 2. The molecule has 0 saturated heterocycles. The van der Waals surface area contributed by atoms with Crippen molar-refractivity contribution in [3.05, 3.63) is 34.9 Å². The number of rotatable bonds is 5. The van der Waals surface area contributed by atoms with Gasteiger partial charge in [0.05, 0.1) is 12.2 Å². The van der Waals surface area contributed by atoms with E-state index in [0.717, 1.165) is 11.1 Å². The molecule has 0 saturated carbocycles. The van der Waals surface area contributed by atoms with E-state index in [4.69, 9.17) is 9.84 Å². The molecule has 0 aliphatic heterocycles. The molecule has 1 aromatic carbocycles. The van der Waals surface area contributed by atoms with E-state index in [1.807, 2.05) is 19.1 Å². The van der Waals surface area contributed by atoms with Crippen LogP contribution in [0, 0.1) is 6.92 Å². The lowest BCUT2D eigenvalue weighted by Gasteiger charge is -2.08. The van der Waals surface area contributed by atoms with Crippen LogP contribution in [0.3, 0.4) is 0 Å². The Morgan fingerprint density at radius 2 is 2.06 bits per heavy atom. The summed E-state index contributed by atoms with van der Waals surface area (Å²) in [6, 6.07) is 5.33. The largest absolute Gasteiger partial charge is 0.481 e. The summed E-state index contributed by atoms with van der Waals surface area (Å²) in [7, 11) is 0. The SMILES string of the molecule is CCOC(=O)c1ccc(C)cc1CCC(=O)O. The molecule has 0 bridgehead atoms. The van der Waals surface area contributed by atoms with E-state index in [1.54, 1.807) is 13.0 Å². The van der Waals surface area contributed by atoms with E-state index in [0.29, 0.717) is 18.6 Å². The number of carbonyl (C=O) groups is 2. The Labute approximate surface area is 100 Å². The fourth-order valence-corrected chi connectivity index (χ4v) is 1.58. The summed E-state index contributed by atoms with van der Waals surface area (Å²) < 4.78 is 4.93. The third kappa shape index (κ3) is 3.90. The first-order valence-corrected chi connectivity index (χ1v) is 5.53. The van der Waals surface area contributed by atoms with Gasteiger partial charge >= 0.3 is 11.9 Å². The number of hydrogen-bond donors (Lipinski definition) is 1. The van der Waals surface area contributed by atoms with Crippen LogP contribution in [0.1, 0.15) is 34.8 Å². The zero-order chi connectivity index (χ0) is 12.8. The molecule has 0 unspecified atom stereocenters. The average molecular weight is 236 g/mol. The van der Waals surface area contributed by atoms with Crippen molar-refractivity contribution in [1.82, 2.24) is 0 Å². The number of carbonyl (C=O) groups excluding carboxylic acids is 1. The van der Waals surface area contributed by atoms with Crippen LogP contribution in [0.15, 0.2) is 18.2 Å². The number of carboxylic acid groups (broad SMARTS) is 1. The zero-order valence-electron chi connectivity index (χ0n) is 10.0. The summed E-state index contributed by atoms with van der Waals surface area (Å²) in [5.74, 6) is -1.27. The number of carboxylic acids is 1. The van der Waals surface area contributed by atoms with E-state index < -0.39 is 11.9 Å². The van der Waals surface area contributed by atoms with Crippen molar-refractivity contribution in [1.29, 1.82) is 0 Å². The molecule has 0 aliphatic rings. The van der Waals surface area contributed by atoms with Gasteiger partial charge in [0.2, 0.25) is 0 Å². The number of hydrogen-bond acceptors (Lipinski definition) is 3. The third-order valence-corrected chi connectivity index (χ3v) is 2.36. The topological polar surface area (TPSA) is 63.6 Å². The molecule has 4 nitrogen and oxygen atoms in total. The van der Waals surface area contributed by atoms with E-state index in [9.17, 15) is 9.59 Å². The fraction of sp³-hybridized carbons (Fsp3) is 0.385. The standard InChI is InChI=1S/C13H16O4/c1-3-17-13(16)11-6-4-9(2)8-10(11)5-7-12(14)15/h4,6,8H,3,5,7H2,1-2H3,(H,14,15). The molecule has 0 amide bonds. The molecule has 17 heavy (non-hydrogen) atoms. The first kappa shape index (κ1) is 13.2. The zero-order valence-corrected chi connectivity index (χ0v) is 10.0. The number of benzene rings is 1. The maximum atomic E-state index is 11.7. The molecular formula is C13H16O4. The lowest BCUT2D eigenvalue weighted by molar-refractivity contribution is -0.136. The summed E-state index contributed by atoms with van der Waals surface area (Å²) in [6.45, 7) is 3.95. The summed E-state index contributed by atoms with van der Waals surface area (Å²) in [6.07, 6.45) is 0.348. The van der Waals surface area contributed by atoms with Gasteiger partial charge in [-0.15, -0.1) is 0 Å². The molecule has 1 rings (SSSR count). The molecule has 0 spiro atoms. The minimum absolute atomic E-state index is 0.00978. The normalized spacial score (nSPS) is 10.0. The highest BCUT2D eigenvalue weighted by molar-refractivity contribution is 5.91. The van der Waals surface area contributed by atoms with Crippen LogP contribution in [0.4, 0.5) is 0 Å². The van der Waals surface area contributed by atoms with Gasteiger partial charge < -0.3 is 9.84 Å². The number of esters is 1. The molecule has 92 valence electrons. The maximum absolute atomic E-state index is 11.7. The Morgan fingerprint density at radius 3 is 2.65 bits per heavy atom. The molecule has 4 heteroatoms. The Hall–Kier alpha value is -1.84. The van der Waals surface area contributed by atoms with Gasteiger partial charge in [-0.25, -0.2) is 4.79 Å². The lowest BCUT2D eigenvalue weighted by atomic mass is 10.0. The smallest absolute Gasteiger partial charge is 0.338 e. The van der Waals surface area contributed by atoms with Gasteiger partial charge in [-0.3, -0.25) is 4.79 Å².